The lowest BCUT2D eigenvalue weighted by Crippen LogP contribution is -2.50. The second-order valence-corrected chi connectivity index (χ2v) is 10.2. The average molecular weight is 483 g/mol. The van der Waals surface area contributed by atoms with Gasteiger partial charge in [0.2, 0.25) is 10.0 Å². The van der Waals surface area contributed by atoms with Crippen LogP contribution >= 0.6 is 15.9 Å². The summed E-state index contributed by atoms with van der Waals surface area (Å²) < 4.78 is 34.1. The van der Waals surface area contributed by atoms with Crippen LogP contribution in [-0.4, -0.2) is 68.2 Å². The number of halogens is 1. The van der Waals surface area contributed by atoms with Gasteiger partial charge >= 0.3 is 0 Å². The molecule has 2 aromatic carbocycles. The van der Waals surface area contributed by atoms with Crippen molar-refractivity contribution in [3.05, 3.63) is 58.1 Å². The number of aryl methyl sites for hydroxylation is 2. The highest BCUT2D eigenvalue weighted by Gasteiger charge is 2.30. The third kappa shape index (κ3) is 5.79. The second-order valence-electron chi connectivity index (χ2n) is 7.39. The van der Waals surface area contributed by atoms with Gasteiger partial charge in [0.05, 0.1) is 4.90 Å². The van der Waals surface area contributed by atoms with Gasteiger partial charge in [-0.2, -0.15) is 4.31 Å². The van der Waals surface area contributed by atoms with Crippen LogP contribution in [0, 0.1) is 13.8 Å². The second kappa shape index (κ2) is 9.57. The molecule has 0 aliphatic carbocycles. The van der Waals surface area contributed by atoms with Crippen LogP contribution in [0.1, 0.15) is 11.1 Å². The van der Waals surface area contributed by atoms with Crippen molar-refractivity contribution in [1.29, 1.82) is 0 Å². The van der Waals surface area contributed by atoms with Gasteiger partial charge in [0, 0.05) is 37.2 Å². The Bertz CT molecular complexity index is 926. The first-order valence-electron chi connectivity index (χ1n) is 9.62. The molecule has 1 atom stereocenters. The summed E-state index contributed by atoms with van der Waals surface area (Å²) >= 11 is 3.37. The van der Waals surface area contributed by atoms with Crippen LogP contribution < -0.4 is 4.74 Å². The molecule has 1 aliphatic rings. The molecular formula is C21H27BrN2O4S. The highest BCUT2D eigenvalue weighted by Crippen LogP contribution is 2.22. The molecule has 0 spiro atoms. The van der Waals surface area contributed by atoms with Crippen molar-refractivity contribution < 1.29 is 18.3 Å². The van der Waals surface area contributed by atoms with Crippen molar-refractivity contribution >= 4 is 26.0 Å². The Labute approximate surface area is 181 Å². The molecule has 1 unspecified atom stereocenters. The third-order valence-corrected chi connectivity index (χ3v) is 7.59. The van der Waals surface area contributed by atoms with E-state index >= 15 is 0 Å². The Morgan fingerprint density at radius 1 is 1.07 bits per heavy atom. The minimum absolute atomic E-state index is 0.197. The number of benzene rings is 2. The first-order valence-corrected chi connectivity index (χ1v) is 11.9. The van der Waals surface area contributed by atoms with Crippen LogP contribution in [0.5, 0.6) is 5.75 Å². The molecule has 29 heavy (non-hydrogen) atoms. The lowest BCUT2D eigenvalue weighted by Gasteiger charge is -2.35. The topological polar surface area (TPSA) is 70.1 Å². The van der Waals surface area contributed by atoms with E-state index in [4.69, 9.17) is 4.74 Å². The zero-order chi connectivity index (χ0) is 21.0. The summed E-state index contributed by atoms with van der Waals surface area (Å²) in [4.78, 5) is 2.46. The maximum Gasteiger partial charge on any atom is 0.243 e. The van der Waals surface area contributed by atoms with Gasteiger partial charge in [0.1, 0.15) is 18.5 Å². The standard InChI is InChI=1S/C21H27BrN2O4S/c1-16-3-4-17(2)21(13-16)29(26,27)24-11-9-23(10-12-24)14-19(25)15-28-20-7-5-18(22)6-8-20/h3-8,13,19,25H,9-12,14-15H2,1-2H3. The molecule has 2 aromatic rings. The summed E-state index contributed by atoms with van der Waals surface area (Å²) in [6.07, 6.45) is -0.638. The zero-order valence-electron chi connectivity index (χ0n) is 16.7. The van der Waals surface area contributed by atoms with Gasteiger partial charge in [-0.25, -0.2) is 8.42 Å². The quantitative estimate of drug-likeness (QED) is 0.656. The summed E-state index contributed by atoms with van der Waals surface area (Å²) in [5.41, 5.74) is 1.69. The van der Waals surface area contributed by atoms with Crippen molar-refractivity contribution in [3.8, 4) is 5.75 Å². The Morgan fingerprint density at radius 2 is 1.72 bits per heavy atom. The summed E-state index contributed by atoms with van der Waals surface area (Å²) in [5.74, 6) is 0.705. The number of sulfonamides is 1. The number of aliphatic hydroxyl groups is 1. The predicted molar refractivity (Wildman–Crippen MR) is 117 cm³/mol. The summed E-state index contributed by atoms with van der Waals surface area (Å²) in [7, 11) is -3.50. The molecule has 3 rings (SSSR count). The van der Waals surface area contributed by atoms with E-state index < -0.39 is 16.1 Å². The number of β-amino-alcohol motifs (C(OH)–C–C–N with tert-alkyl or cyclic N) is 1. The van der Waals surface area contributed by atoms with Crippen LogP contribution in [0.25, 0.3) is 0 Å². The number of nitrogens with zero attached hydrogens (tertiary/aromatic N) is 2. The first kappa shape index (κ1) is 22.2. The predicted octanol–water partition coefficient (Wildman–Crippen LogP) is 2.81. The Morgan fingerprint density at radius 3 is 2.38 bits per heavy atom. The molecular weight excluding hydrogens is 456 g/mol. The lowest BCUT2D eigenvalue weighted by atomic mass is 10.2. The minimum Gasteiger partial charge on any atom is -0.491 e. The van der Waals surface area contributed by atoms with Crippen LogP contribution in [0.4, 0.5) is 0 Å². The molecule has 0 amide bonds. The average Bonchev–Trinajstić information content (AvgIpc) is 2.70. The van der Waals surface area contributed by atoms with Gasteiger partial charge in [-0.05, 0) is 55.3 Å². The molecule has 1 heterocycles. The molecule has 1 aliphatic heterocycles. The van der Waals surface area contributed by atoms with Gasteiger partial charge in [-0.3, -0.25) is 4.90 Å². The normalized spacial score (nSPS) is 17.2. The van der Waals surface area contributed by atoms with E-state index in [1.807, 2.05) is 50.2 Å². The maximum atomic E-state index is 13.0. The van der Waals surface area contributed by atoms with Gasteiger partial charge in [-0.1, -0.05) is 28.1 Å². The largest absolute Gasteiger partial charge is 0.491 e. The molecule has 1 fully saturated rings. The van der Waals surface area contributed by atoms with Gasteiger partial charge < -0.3 is 9.84 Å². The Balaban J connectivity index is 1.50. The van der Waals surface area contributed by atoms with Crippen LogP contribution in [0.3, 0.4) is 0 Å². The molecule has 0 aromatic heterocycles. The van der Waals surface area contributed by atoms with Gasteiger partial charge in [0.15, 0.2) is 0 Å². The van der Waals surface area contributed by atoms with E-state index in [-0.39, 0.29) is 6.61 Å². The molecule has 0 bridgehead atoms. The maximum absolute atomic E-state index is 13.0. The molecule has 0 saturated carbocycles. The molecule has 1 saturated heterocycles. The molecule has 158 valence electrons. The van der Waals surface area contributed by atoms with E-state index in [0.717, 1.165) is 15.6 Å². The molecule has 8 heteroatoms. The SMILES string of the molecule is Cc1ccc(C)c(S(=O)(=O)N2CCN(CC(O)COc3ccc(Br)cc3)CC2)c1. The highest BCUT2D eigenvalue weighted by molar-refractivity contribution is 9.10. The van der Waals surface area contributed by atoms with E-state index in [9.17, 15) is 13.5 Å². The van der Waals surface area contributed by atoms with E-state index in [2.05, 4.69) is 20.8 Å². The fourth-order valence-electron chi connectivity index (χ4n) is 3.35. The fourth-order valence-corrected chi connectivity index (χ4v) is 5.35. The van der Waals surface area contributed by atoms with Crippen molar-refractivity contribution in [2.75, 3.05) is 39.3 Å². The molecule has 6 nitrogen and oxygen atoms in total. The smallest absolute Gasteiger partial charge is 0.243 e. The minimum atomic E-state index is -3.50. The lowest BCUT2D eigenvalue weighted by molar-refractivity contribution is 0.0569. The van der Waals surface area contributed by atoms with E-state index in [0.29, 0.717) is 43.4 Å². The molecule has 1 N–H and O–H groups in total. The van der Waals surface area contributed by atoms with Crippen molar-refractivity contribution in [1.82, 2.24) is 9.21 Å². The molecule has 0 radical (unpaired) electrons. The number of piperazine rings is 1. The van der Waals surface area contributed by atoms with Crippen molar-refractivity contribution in [2.45, 2.75) is 24.8 Å². The number of aliphatic hydroxyl groups excluding tert-OH is 1. The third-order valence-electron chi connectivity index (χ3n) is 5.02. The van der Waals surface area contributed by atoms with Crippen molar-refractivity contribution in [2.24, 2.45) is 0 Å². The van der Waals surface area contributed by atoms with E-state index in [1.54, 1.807) is 6.07 Å². The first-order chi connectivity index (χ1) is 13.8. The Kier molecular flexibility index (Phi) is 7.34. The zero-order valence-corrected chi connectivity index (χ0v) is 19.1. The Hall–Kier alpha value is -1.45. The van der Waals surface area contributed by atoms with E-state index in [1.165, 1.54) is 4.31 Å². The highest BCUT2D eigenvalue weighted by atomic mass is 79.9. The number of hydrogen-bond acceptors (Lipinski definition) is 5. The summed E-state index contributed by atoms with van der Waals surface area (Å²) in [6.45, 7) is 6.36. The van der Waals surface area contributed by atoms with Crippen molar-refractivity contribution in [3.63, 3.8) is 0 Å². The van der Waals surface area contributed by atoms with Gasteiger partial charge in [-0.15, -0.1) is 0 Å². The monoisotopic (exact) mass is 482 g/mol. The number of ether oxygens (including phenoxy) is 1. The fraction of sp³-hybridized carbons (Fsp3) is 0.429. The summed E-state index contributed by atoms with van der Waals surface area (Å²) in [6, 6.07) is 13.0. The number of rotatable bonds is 7. The van der Waals surface area contributed by atoms with Crippen LogP contribution in [0.2, 0.25) is 0 Å². The number of hydrogen-bond donors (Lipinski definition) is 1. The summed E-state index contributed by atoms with van der Waals surface area (Å²) in [5, 5.41) is 10.3. The van der Waals surface area contributed by atoms with Crippen LogP contribution in [-0.2, 0) is 10.0 Å². The van der Waals surface area contributed by atoms with Gasteiger partial charge in [0.25, 0.3) is 0 Å². The van der Waals surface area contributed by atoms with Crippen LogP contribution in [0.15, 0.2) is 51.8 Å².